The molecule has 0 atom stereocenters. The lowest BCUT2D eigenvalue weighted by atomic mass is 10.1. The van der Waals surface area contributed by atoms with Crippen LogP contribution in [-0.4, -0.2) is 37.9 Å². The maximum Gasteiger partial charge on any atom is 0.365 e. The number of anilines is 1. The number of carbonyl (C=O) groups excluding carboxylic acids is 1. The molecule has 9 heteroatoms. The van der Waals surface area contributed by atoms with Crippen LogP contribution in [-0.2, 0) is 20.5 Å². The molecule has 0 radical (unpaired) electrons. The summed E-state index contributed by atoms with van der Waals surface area (Å²) in [5.74, 6) is 0.644. The highest BCUT2D eigenvalue weighted by molar-refractivity contribution is 5.96. The predicted octanol–water partition coefficient (Wildman–Crippen LogP) is 2.77. The number of nitrogens with zero attached hydrogens (tertiary/aromatic N) is 5. The van der Waals surface area contributed by atoms with E-state index in [0.717, 1.165) is 29.8 Å². The van der Waals surface area contributed by atoms with E-state index in [2.05, 4.69) is 37.6 Å². The number of aryl methyl sites for hydroxylation is 2. The maximum atomic E-state index is 13.5. The van der Waals surface area contributed by atoms with Gasteiger partial charge in [0.05, 0.1) is 11.3 Å². The highest BCUT2D eigenvalue weighted by Gasteiger charge is 2.25. The second-order valence-electron chi connectivity index (χ2n) is 9.54. The Kier molecular flexibility index (Phi) is 7.64. The molecule has 9 nitrogen and oxygen atoms in total. The Morgan fingerprint density at radius 1 is 1.03 bits per heavy atom. The van der Waals surface area contributed by atoms with E-state index < -0.39 is 17.2 Å². The molecule has 34 heavy (non-hydrogen) atoms. The first-order valence-electron chi connectivity index (χ1n) is 11.8. The number of para-hydroxylation sites is 1. The average molecular weight is 470 g/mol. The van der Waals surface area contributed by atoms with Gasteiger partial charge in [-0.15, -0.1) is 4.73 Å². The zero-order chi connectivity index (χ0) is 25.2. The van der Waals surface area contributed by atoms with E-state index in [1.54, 1.807) is 19.2 Å². The van der Waals surface area contributed by atoms with E-state index in [1.807, 2.05) is 19.1 Å². The van der Waals surface area contributed by atoms with Crippen LogP contribution in [0.25, 0.3) is 11.2 Å². The standard InChI is InChI=1S/C25H35N5O4/c1-8-11-20-26-22-21(23(31)28(7)25(33)27(22)6)30(20)34-24(32)18-12-9-10-13-19(18)29(14-16(2)3)15-17(4)5/h9-10,12-13,16-17H,8,11,14-15H2,1-7H3. The molecule has 0 saturated carbocycles. The van der Waals surface area contributed by atoms with Crippen molar-refractivity contribution in [2.45, 2.75) is 47.5 Å². The van der Waals surface area contributed by atoms with Crippen molar-refractivity contribution in [1.82, 2.24) is 18.8 Å². The van der Waals surface area contributed by atoms with Crippen LogP contribution < -0.4 is 21.0 Å². The second-order valence-corrected chi connectivity index (χ2v) is 9.54. The zero-order valence-electron chi connectivity index (χ0n) is 21.2. The van der Waals surface area contributed by atoms with Gasteiger partial charge < -0.3 is 9.74 Å². The normalized spacial score (nSPS) is 11.6. The summed E-state index contributed by atoms with van der Waals surface area (Å²) >= 11 is 0. The summed E-state index contributed by atoms with van der Waals surface area (Å²) in [4.78, 5) is 51.3. The van der Waals surface area contributed by atoms with Gasteiger partial charge in [0.1, 0.15) is 5.82 Å². The van der Waals surface area contributed by atoms with Gasteiger partial charge in [-0.05, 0) is 30.4 Å². The summed E-state index contributed by atoms with van der Waals surface area (Å²) < 4.78 is 3.49. The van der Waals surface area contributed by atoms with Gasteiger partial charge in [-0.1, -0.05) is 46.8 Å². The first-order valence-corrected chi connectivity index (χ1v) is 11.8. The van der Waals surface area contributed by atoms with Crippen molar-refractivity contribution >= 4 is 22.8 Å². The molecule has 0 saturated heterocycles. The first-order chi connectivity index (χ1) is 16.1. The van der Waals surface area contributed by atoms with E-state index in [9.17, 15) is 14.4 Å². The Bertz CT molecular complexity index is 1290. The third-order valence-corrected chi connectivity index (χ3v) is 5.57. The van der Waals surface area contributed by atoms with Crippen LogP contribution in [0.1, 0.15) is 57.2 Å². The number of aromatic nitrogens is 4. The van der Waals surface area contributed by atoms with Crippen LogP contribution in [0.15, 0.2) is 33.9 Å². The highest BCUT2D eigenvalue weighted by Crippen LogP contribution is 2.24. The predicted molar refractivity (Wildman–Crippen MR) is 133 cm³/mol. The van der Waals surface area contributed by atoms with Crippen molar-refractivity contribution in [3.05, 3.63) is 56.5 Å². The summed E-state index contributed by atoms with van der Waals surface area (Å²) in [5, 5.41) is 0. The molecule has 0 spiro atoms. The van der Waals surface area contributed by atoms with Crippen molar-refractivity contribution in [3.63, 3.8) is 0 Å². The van der Waals surface area contributed by atoms with E-state index in [-0.39, 0.29) is 11.2 Å². The first kappa shape index (κ1) is 25.3. The van der Waals surface area contributed by atoms with Gasteiger partial charge >= 0.3 is 11.7 Å². The number of benzene rings is 1. The van der Waals surface area contributed by atoms with E-state index in [4.69, 9.17) is 4.84 Å². The van der Waals surface area contributed by atoms with Gasteiger partial charge in [0.25, 0.3) is 5.56 Å². The topological polar surface area (TPSA) is 91.4 Å². The molecule has 3 aromatic rings. The maximum absolute atomic E-state index is 13.5. The van der Waals surface area contributed by atoms with Crippen molar-refractivity contribution in [2.75, 3.05) is 18.0 Å². The van der Waals surface area contributed by atoms with Crippen LogP contribution in [0.2, 0.25) is 0 Å². The number of imidazole rings is 1. The summed E-state index contributed by atoms with van der Waals surface area (Å²) in [6.45, 7) is 12.1. The largest absolute Gasteiger partial charge is 0.370 e. The number of rotatable bonds is 9. The molecule has 0 unspecified atom stereocenters. The quantitative estimate of drug-likeness (QED) is 0.479. The number of carbonyl (C=O) groups is 1. The second kappa shape index (κ2) is 10.3. The molecule has 0 aliphatic heterocycles. The lowest BCUT2D eigenvalue weighted by Crippen LogP contribution is -2.38. The molecular weight excluding hydrogens is 434 g/mol. The summed E-state index contributed by atoms with van der Waals surface area (Å²) in [6, 6.07) is 7.35. The van der Waals surface area contributed by atoms with Gasteiger partial charge in [0, 0.05) is 33.6 Å². The Hall–Kier alpha value is -3.36. The molecule has 0 aliphatic carbocycles. The van der Waals surface area contributed by atoms with Gasteiger partial charge in [0.2, 0.25) is 0 Å². The fourth-order valence-electron chi connectivity index (χ4n) is 4.10. The van der Waals surface area contributed by atoms with Crippen LogP contribution in [0, 0.1) is 11.8 Å². The van der Waals surface area contributed by atoms with Crippen molar-refractivity contribution < 1.29 is 9.63 Å². The molecule has 184 valence electrons. The zero-order valence-corrected chi connectivity index (χ0v) is 21.2. The Balaban J connectivity index is 2.12. The third-order valence-electron chi connectivity index (χ3n) is 5.57. The molecule has 0 amide bonds. The minimum atomic E-state index is -0.583. The number of hydrogen-bond acceptors (Lipinski definition) is 6. The summed E-state index contributed by atoms with van der Waals surface area (Å²) in [5.41, 5.74) is 0.417. The minimum Gasteiger partial charge on any atom is -0.370 e. The van der Waals surface area contributed by atoms with Crippen LogP contribution in [0.5, 0.6) is 0 Å². The minimum absolute atomic E-state index is 0.0695. The molecule has 0 fully saturated rings. The SMILES string of the molecule is CCCc1nc2c(c(=O)n(C)c(=O)n2C)n1OC(=O)c1ccccc1N(CC(C)C)CC(C)C. The number of hydrogen-bond donors (Lipinski definition) is 0. The average Bonchev–Trinajstić information content (AvgIpc) is 3.13. The van der Waals surface area contributed by atoms with E-state index in [0.29, 0.717) is 29.6 Å². The van der Waals surface area contributed by atoms with Gasteiger partial charge in [-0.25, -0.2) is 14.6 Å². The van der Waals surface area contributed by atoms with E-state index in [1.165, 1.54) is 16.3 Å². The fraction of sp³-hybridized carbons (Fsp3) is 0.520. The van der Waals surface area contributed by atoms with Crippen molar-refractivity contribution in [2.24, 2.45) is 25.9 Å². The molecule has 0 bridgehead atoms. The molecular formula is C25H35N5O4. The molecule has 2 heterocycles. The Morgan fingerprint density at radius 2 is 1.65 bits per heavy atom. The van der Waals surface area contributed by atoms with Crippen molar-refractivity contribution in [1.29, 1.82) is 0 Å². The molecule has 0 aliphatic rings. The molecule has 3 rings (SSSR count). The molecule has 0 N–H and O–H groups in total. The Labute approximate surface area is 199 Å². The van der Waals surface area contributed by atoms with Gasteiger partial charge in [0.15, 0.2) is 11.2 Å². The van der Waals surface area contributed by atoms with Crippen LogP contribution >= 0.6 is 0 Å². The monoisotopic (exact) mass is 469 g/mol. The van der Waals surface area contributed by atoms with Crippen LogP contribution in [0.4, 0.5) is 5.69 Å². The fourth-order valence-corrected chi connectivity index (χ4v) is 4.10. The molecule has 1 aromatic carbocycles. The van der Waals surface area contributed by atoms with Gasteiger partial charge in [-0.3, -0.25) is 13.9 Å². The Morgan fingerprint density at radius 3 is 2.24 bits per heavy atom. The smallest absolute Gasteiger partial charge is 0.365 e. The van der Waals surface area contributed by atoms with Crippen LogP contribution in [0.3, 0.4) is 0 Å². The summed E-state index contributed by atoms with van der Waals surface area (Å²) in [7, 11) is 2.94. The van der Waals surface area contributed by atoms with Gasteiger partial charge in [-0.2, -0.15) is 0 Å². The lowest BCUT2D eigenvalue weighted by molar-refractivity contribution is 0.0465. The number of fused-ring (bicyclic) bond motifs is 1. The summed E-state index contributed by atoms with van der Waals surface area (Å²) in [6.07, 6.45) is 1.20. The lowest BCUT2D eigenvalue weighted by Gasteiger charge is -2.30. The molecule has 2 aromatic heterocycles. The third kappa shape index (κ3) is 4.93. The highest BCUT2D eigenvalue weighted by atomic mass is 16.7. The van der Waals surface area contributed by atoms with Crippen molar-refractivity contribution in [3.8, 4) is 0 Å². The van der Waals surface area contributed by atoms with E-state index >= 15 is 0 Å².